The van der Waals surface area contributed by atoms with Crippen LogP contribution >= 0.6 is 0 Å². The third kappa shape index (κ3) is 2.65. The third-order valence-corrected chi connectivity index (χ3v) is 2.98. The van der Waals surface area contributed by atoms with E-state index in [9.17, 15) is 4.79 Å². The standard InChI is InChI=1S/C14H17N3O/c1-10-5-6-12(11(2)8-10)13(15)9-17-14(18)4-3-7-16-17/h3-8,13H,9,15H2,1-2H3. The molecule has 18 heavy (non-hydrogen) atoms. The van der Waals surface area contributed by atoms with Crippen molar-refractivity contribution >= 4 is 0 Å². The molecule has 0 aliphatic carbocycles. The number of aromatic nitrogens is 2. The number of hydrogen-bond acceptors (Lipinski definition) is 3. The van der Waals surface area contributed by atoms with Crippen LogP contribution in [0.4, 0.5) is 0 Å². The molecule has 2 N–H and O–H groups in total. The second-order valence-electron chi connectivity index (χ2n) is 4.51. The van der Waals surface area contributed by atoms with E-state index in [0.29, 0.717) is 6.54 Å². The summed E-state index contributed by atoms with van der Waals surface area (Å²) in [6, 6.07) is 9.03. The van der Waals surface area contributed by atoms with Crippen LogP contribution in [0, 0.1) is 13.8 Å². The van der Waals surface area contributed by atoms with Crippen LogP contribution < -0.4 is 11.3 Å². The molecule has 0 radical (unpaired) electrons. The lowest BCUT2D eigenvalue weighted by molar-refractivity contribution is 0.502. The van der Waals surface area contributed by atoms with Gasteiger partial charge in [0.2, 0.25) is 0 Å². The minimum absolute atomic E-state index is 0.127. The van der Waals surface area contributed by atoms with E-state index in [2.05, 4.69) is 11.2 Å². The first-order chi connectivity index (χ1) is 8.58. The SMILES string of the molecule is Cc1ccc(C(N)Cn2ncccc2=O)c(C)c1. The van der Waals surface area contributed by atoms with Crippen LogP contribution in [-0.4, -0.2) is 9.78 Å². The fourth-order valence-corrected chi connectivity index (χ4v) is 2.05. The van der Waals surface area contributed by atoms with Gasteiger partial charge in [0.25, 0.3) is 5.56 Å². The quantitative estimate of drug-likeness (QED) is 0.890. The first kappa shape index (κ1) is 12.5. The van der Waals surface area contributed by atoms with Crippen molar-refractivity contribution in [1.82, 2.24) is 9.78 Å². The number of benzene rings is 1. The van der Waals surface area contributed by atoms with Crippen LogP contribution in [0.5, 0.6) is 0 Å². The first-order valence-corrected chi connectivity index (χ1v) is 5.93. The zero-order valence-corrected chi connectivity index (χ0v) is 10.6. The Hall–Kier alpha value is -1.94. The Bertz CT molecular complexity index is 604. The molecule has 94 valence electrons. The van der Waals surface area contributed by atoms with Crippen molar-refractivity contribution in [2.75, 3.05) is 0 Å². The maximum Gasteiger partial charge on any atom is 0.266 e. The smallest absolute Gasteiger partial charge is 0.266 e. The fraction of sp³-hybridized carbons (Fsp3) is 0.286. The van der Waals surface area contributed by atoms with Gasteiger partial charge in [-0.3, -0.25) is 4.79 Å². The Kier molecular flexibility index (Phi) is 3.58. The lowest BCUT2D eigenvalue weighted by Crippen LogP contribution is -2.28. The zero-order valence-electron chi connectivity index (χ0n) is 10.6. The van der Waals surface area contributed by atoms with Crippen molar-refractivity contribution in [2.24, 2.45) is 5.73 Å². The molecule has 0 amide bonds. The lowest BCUT2D eigenvalue weighted by Gasteiger charge is -2.15. The lowest BCUT2D eigenvalue weighted by atomic mass is 10.00. The average Bonchev–Trinajstić information content (AvgIpc) is 2.32. The number of nitrogens with two attached hydrogens (primary N) is 1. The van der Waals surface area contributed by atoms with Crippen LogP contribution in [0.1, 0.15) is 22.7 Å². The molecule has 0 bridgehead atoms. The molecule has 1 unspecified atom stereocenters. The Morgan fingerprint density at radius 1 is 1.33 bits per heavy atom. The highest BCUT2D eigenvalue weighted by molar-refractivity contribution is 5.32. The second kappa shape index (κ2) is 5.14. The van der Waals surface area contributed by atoms with Gasteiger partial charge in [0.15, 0.2) is 0 Å². The molecule has 0 aliphatic rings. The van der Waals surface area contributed by atoms with Crippen molar-refractivity contribution in [2.45, 2.75) is 26.4 Å². The molecule has 0 aliphatic heterocycles. The van der Waals surface area contributed by atoms with Gasteiger partial charge in [0.1, 0.15) is 0 Å². The van der Waals surface area contributed by atoms with Gasteiger partial charge in [-0.2, -0.15) is 5.10 Å². The molecule has 0 saturated carbocycles. The van der Waals surface area contributed by atoms with Gasteiger partial charge in [0, 0.05) is 18.3 Å². The van der Waals surface area contributed by atoms with Gasteiger partial charge in [-0.1, -0.05) is 23.8 Å². The molecule has 1 aromatic heterocycles. The summed E-state index contributed by atoms with van der Waals surface area (Å²) in [5, 5.41) is 4.02. The van der Waals surface area contributed by atoms with Crippen molar-refractivity contribution in [3.05, 3.63) is 63.6 Å². The second-order valence-corrected chi connectivity index (χ2v) is 4.51. The van der Waals surface area contributed by atoms with E-state index in [0.717, 1.165) is 11.1 Å². The summed E-state index contributed by atoms with van der Waals surface area (Å²) in [6.45, 7) is 4.47. The minimum Gasteiger partial charge on any atom is -0.322 e. The zero-order chi connectivity index (χ0) is 13.1. The predicted octanol–water partition coefficient (Wildman–Crippen LogP) is 1.56. The normalized spacial score (nSPS) is 12.4. The Balaban J connectivity index is 2.25. The molecule has 0 spiro atoms. The fourth-order valence-electron chi connectivity index (χ4n) is 2.05. The molecule has 1 atom stereocenters. The number of hydrogen-bond donors (Lipinski definition) is 1. The van der Waals surface area contributed by atoms with E-state index in [1.807, 2.05) is 26.0 Å². The summed E-state index contributed by atoms with van der Waals surface area (Å²) >= 11 is 0. The van der Waals surface area contributed by atoms with Gasteiger partial charge in [-0.25, -0.2) is 4.68 Å². The van der Waals surface area contributed by atoms with E-state index < -0.39 is 0 Å². The Morgan fingerprint density at radius 2 is 2.11 bits per heavy atom. The van der Waals surface area contributed by atoms with E-state index in [-0.39, 0.29) is 11.6 Å². The molecular formula is C14H17N3O. The summed E-state index contributed by atoms with van der Waals surface area (Å²) in [4.78, 5) is 11.6. The van der Waals surface area contributed by atoms with E-state index >= 15 is 0 Å². The Labute approximate surface area is 106 Å². The van der Waals surface area contributed by atoms with Gasteiger partial charge in [0.05, 0.1) is 6.54 Å². The molecule has 0 fully saturated rings. The van der Waals surface area contributed by atoms with Crippen LogP contribution in [0.25, 0.3) is 0 Å². The molecule has 1 aromatic carbocycles. The molecular weight excluding hydrogens is 226 g/mol. The van der Waals surface area contributed by atoms with Crippen LogP contribution in [0.2, 0.25) is 0 Å². The van der Waals surface area contributed by atoms with Crippen molar-refractivity contribution in [1.29, 1.82) is 0 Å². The third-order valence-electron chi connectivity index (χ3n) is 2.98. The van der Waals surface area contributed by atoms with Crippen LogP contribution in [-0.2, 0) is 6.54 Å². The molecule has 0 saturated heterocycles. The summed E-state index contributed by atoms with van der Waals surface area (Å²) in [5.41, 5.74) is 9.43. The summed E-state index contributed by atoms with van der Waals surface area (Å²) in [6.07, 6.45) is 1.59. The highest BCUT2D eigenvalue weighted by Gasteiger charge is 2.10. The van der Waals surface area contributed by atoms with Crippen molar-refractivity contribution < 1.29 is 0 Å². The van der Waals surface area contributed by atoms with Gasteiger partial charge >= 0.3 is 0 Å². The van der Waals surface area contributed by atoms with Crippen molar-refractivity contribution in [3.8, 4) is 0 Å². The molecule has 4 heteroatoms. The van der Waals surface area contributed by atoms with Gasteiger partial charge in [-0.05, 0) is 31.0 Å². The van der Waals surface area contributed by atoms with E-state index in [4.69, 9.17) is 5.73 Å². The number of aryl methyl sites for hydroxylation is 2. The van der Waals surface area contributed by atoms with Gasteiger partial charge in [-0.15, -0.1) is 0 Å². The monoisotopic (exact) mass is 243 g/mol. The molecule has 4 nitrogen and oxygen atoms in total. The number of nitrogens with zero attached hydrogens (tertiary/aromatic N) is 2. The van der Waals surface area contributed by atoms with Crippen LogP contribution in [0.15, 0.2) is 41.3 Å². The summed E-state index contributed by atoms with van der Waals surface area (Å²) in [7, 11) is 0. The highest BCUT2D eigenvalue weighted by Crippen LogP contribution is 2.17. The number of rotatable bonds is 3. The molecule has 2 rings (SSSR count). The van der Waals surface area contributed by atoms with E-state index in [1.54, 1.807) is 12.3 Å². The Morgan fingerprint density at radius 3 is 2.78 bits per heavy atom. The largest absolute Gasteiger partial charge is 0.322 e. The molecule has 1 heterocycles. The summed E-state index contributed by atoms with van der Waals surface area (Å²) in [5.74, 6) is 0. The summed E-state index contributed by atoms with van der Waals surface area (Å²) < 4.78 is 1.39. The molecule has 2 aromatic rings. The van der Waals surface area contributed by atoms with Crippen LogP contribution in [0.3, 0.4) is 0 Å². The van der Waals surface area contributed by atoms with E-state index in [1.165, 1.54) is 16.3 Å². The predicted molar refractivity (Wildman–Crippen MR) is 71.3 cm³/mol. The average molecular weight is 243 g/mol. The van der Waals surface area contributed by atoms with Crippen molar-refractivity contribution in [3.63, 3.8) is 0 Å². The maximum atomic E-state index is 11.6. The maximum absolute atomic E-state index is 11.6. The minimum atomic E-state index is -0.224. The highest BCUT2D eigenvalue weighted by atomic mass is 16.1. The first-order valence-electron chi connectivity index (χ1n) is 5.93. The topological polar surface area (TPSA) is 60.9 Å². The van der Waals surface area contributed by atoms with Gasteiger partial charge < -0.3 is 5.73 Å².